The van der Waals surface area contributed by atoms with Crippen molar-refractivity contribution in [1.82, 2.24) is 19.9 Å². The number of rotatable bonds is 6. The van der Waals surface area contributed by atoms with Crippen molar-refractivity contribution in [2.75, 3.05) is 5.32 Å². The van der Waals surface area contributed by atoms with E-state index in [1.807, 2.05) is 26.0 Å². The first-order valence-corrected chi connectivity index (χ1v) is 10.7. The van der Waals surface area contributed by atoms with Gasteiger partial charge in [0, 0.05) is 17.7 Å². The summed E-state index contributed by atoms with van der Waals surface area (Å²) in [4.78, 5) is 18.0. The van der Waals surface area contributed by atoms with Crippen LogP contribution in [0.5, 0.6) is 0 Å². The number of benzene rings is 1. The van der Waals surface area contributed by atoms with E-state index in [9.17, 15) is 4.79 Å². The molecular weight excluding hydrogens is 390 g/mol. The minimum atomic E-state index is -0.204. The number of fused-ring (bicyclic) bond motifs is 1. The third-order valence-electron chi connectivity index (χ3n) is 5.69. The van der Waals surface area contributed by atoms with Crippen molar-refractivity contribution in [2.45, 2.75) is 52.0 Å². The van der Waals surface area contributed by atoms with E-state index in [0.29, 0.717) is 34.9 Å². The summed E-state index contributed by atoms with van der Waals surface area (Å²) < 4.78 is 7.30. The summed E-state index contributed by atoms with van der Waals surface area (Å²) in [6.07, 6.45) is 3.88. The third-order valence-corrected chi connectivity index (χ3v) is 5.69. The summed E-state index contributed by atoms with van der Waals surface area (Å²) in [5.74, 6) is 0.958. The molecule has 1 aromatic carbocycles. The number of carbonyl (C=O) groups is 1. The van der Waals surface area contributed by atoms with Crippen molar-refractivity contribution in [2.24, 2.45) is 0 Å². The molecule has 0 aliphatic heterocycles. The standard InChI is InChI=1S/C24H25N5O2/c1-14(2)22-21-18(12-19(17-8-9-17)26-24(21)31-28-22)23(30)27-20-10-11-25-29(20)13-16-6-4-15(3)5-7-16/h4-7,10-12,14,17H,8-9,13H2,1-3H3,(H,27,30). The molecule has 0 radical (unpaired) electrons. The fraction of sp³-hybridized carbons (Fsp3) is 0.333. The highest BCUT2D eigenvalue weighted by molar-refractivity contribution is 6.12. The second kappa shape index (κ2) is 7.65. The molecule has 1 fully saturated rings. The predicted octanol–water partition coefficient (Wildman–Crippen LogP) is 5.03. The Morgan fingerprint density at radius 1 is 1.23 bits per heavy atom. The number of nitrogens with one attached hydrogen (secondary N) is 1. The number of aromatic nitrogens is 4. The summed E-state index contributed by atoms with van der Waals surface area (Å²) in [6, 6.07) is 12.0. The minimum Gasteiger partial charge on any atom is -0.335 e. The van der Waals surface area contributed by atoms with Crippen molar-refractivity contribution in [3.63, 3.8) is 0 Å². The number of nitrogens with zero attached hydrogens (tertiary/aromatic N) is 4. The van der Waals surface area contributed by atoms with Gasteiger partial charge < -0.3 is 9.84 Å². The summed E-state index contributed by atoms with van der Waals surface area (Å²) in [6.45, 7) is 6.70. The van der Waals surface area contributed by atoms with Gasteiger partial charge in [-0.25, -0.2) is 9.67 Å². The topological polar surface area (TPSA) is 85.8 Å². The van der Waals surface area contributed by atoms with Crippen LogP contribution in [0.3, 0.4) is 0 Å². The van der Waals surface area contributed by atoms with Crippen LogP contribution in [-0.2, 0) is 6.54 Å². The van der Waals surface area contributed by atoms with Crippen molar-refractivity contribution >= 4 is 22.8 Å². The molecule has 7 heteroatoms. The van der Waals surface area contributed by atoms with Gasteiger partial charge in [-0.3, -0.25) is 4.79 Å². The maximum Gasteiger partial charge on any atom is 0.259 e. The van der Waals surface area contributed by atoms with Crippen LogP contribution in [0, 0.1) is 6.92 Å². The first-order valence-electron chi connectivity index (χ1n) is 10.7. The van der Waals surface area contributed by atoms with Crippen molar-refractivity contribution < 1.29 is 9.32 Å². The van der Waals surface area contributed by atoms with Crippen LogP contribution >= 0.6 is 0 Å². The van der Waals surface area contributed by atoms with Gasteiger partial charge in [-0.05, 0) is 37.3 Å². The predicted molar refractivity (Wildman–Crippen MR) is 118 cm³/mol. The van der Waals surface area contributed by atoms with Gasteiger partial charge in [0.15, 0.2) is 0 Å². The Kier molecular flexibility index (Phi) is 4.81. The van der Waals surface area contributed by atoms with Crippen LogP contribution in [0.1, 0.15) is 71.4 Å². The van der Waals surface area contributed by atoms with Gasteiger partial charge in [-0.2, -0.15) is 5.10 Å². The van der Waals surface area contributed by atoms with Crippen LogP contribution < -0.4 is 5.32 Å². The Labute approximate surface area is 180 Å². The normalized spacial score (nSPS) is 13.8. The van der Waals surface area contributed by atoms with Gasteiger partial charge in [0.1, 0.15) is 5.82 Å². The molecule has 1 aliphatic rings. The number of hydrogen-bond acceptors (Lipinski definition) is 5. The van der Waals surface area contributed by atoms with Crippen LogP contribution in [0.15, 0.2) is 47.1 Å². The fourth-order valence-electron chi connectivity index (χ4n) is 3.77. The largest absolute Gasteiger partial charge is 0.335 e. The minimum absolute atomic E-state index is 0.119. The van der Waals surface area contributed by atoms with Gasteiger partial charge in [-0.1, -0.05) is 48.8 Å². The number of hydrogen-bond donors (Lipinski definition) is 1. The van der Waals surface area contributed by atoms with Crippen LogP contribution in [0.4, 0.5) is 5.82 Å². The molecule has 0 bridgehead atoms. The second-order valence-corrected chi connectivity index (χ2v) is 8.59. The quantitative estimate of drug-likeness (QED) is 0.477. The van der Waals surface area contributed by atoms with E-state index in [1.165, 1.54) is 5.56 Å². The van der Waals surface area contributed by atoms with Crippen molar-refractivity contribution in [3.8, 4) is 0 Å². The maximum atomic E-state index is 13.4. The van der Waals surface area contributed by atoms with E-state index < -0.39 is 0 Å². The highest BCUT2D eigenvalue weighted by atomic mass is 16.5. The highest BCUT2D eigenvalue weighted by Crippen LogP contribution is 2.41. The van der Waals surface area contributed by atoms with Crippen LogP contribution in [0.2, 0.25) is 0 Å². The summed E-state index contributed by atoms with van der Waals surface area (Å²) in [5.41, 5.74) is 4.97. The highest BCUT2D eigenvalue weighted by Gasteiger charge is 2.29. The lowest BCUT2D eigenvalue weighted by atomic mass is 10.0. The first kappa shape index (κ1) is 19.5. The molecule has 0 saturated heterocycles. The number of carbonyl (C=O) groups excluding carboxylic acids is 1. The lowest BCUT2D eigenvalue weighted by Crippen LogP contribution is -2.17. The Morgan fingerprint density at radius 2 is 2.00 bits per heavy atom. The molecule has 1 saturated carbocycles. The average molecular weight is 415 g/mol. The van der Waals surface area contributed by atoms with Crippen LogP contribution in [-0.4, -0.2) is 25.8 Å². The summed E-state index contributed by atoms with van der Waals surface area (Å²) in [7, 11) is 0. The maximum absolute atomic E-state index is 13.4. The second-order valence-electron chi connectivity index (χ2n) is 8.59. The SMILES string of the molecule is Cc1ccc(Cn2nccc2NC(=O)c2cc(C3CC3)nc3onc(C(C)C)c23)cc1. The molecule has 0 unspecified atom stereocenters. The summed E-state index contributed by atoms with van der Waals surface area (Å²) >= 11 is 0. The van der Waals surface area contributed by atoms with Gasteiger partial charge in [0.05, 0.1) is 29.4 Å². The van der Waals surface area contributed by atoms with E-state index in [-0.39, 0.29) is 11.8 Å². The molecule has 7 nitrogen and oxygen atoms in total. The van der Waals surface area contributed by atoms with Gasteiger partial charge in [0.25, 0.3) is 11.6 Å². The molecule has 1 amide bonds. The molecule has 4 aromatic rings. The van der Waals surface area contributed by atoms with Gasteiger partial charge in [0.2, 0.25) is 0 Å². The molecule has 0 atom stereocenters. The lowest BCUT2D eigenvalue weighted by Gasteiger charge is -2.11. The van der Waals surface area contributed by atoms with E-state index in [0.717, 1.165) is 29.8 Å². The van der Waals surface area contributed by atoms with E-state index in [2.05, 4.69) is 51.7 Å². The zero-order valence-electron chi connectivity index (χ0n) is 17.9. The Morgan fingerprint density at radius 3 is 2.71 bits per heavy atom. The number of anilines is 1. The molecule has 31 heavy (non-hydrogen) atoms. The Hall–Kier alpha value is -3.48. The molecule has 158 valence electrons. The fourth-order valence-corrected chi connectivity index (χ4v) is 3.77. The van der Waals surface area contributed by atoms with Crippen molar-refractivity contribution in [3.05, 3.63) is 70.7 Å². The molecule has 3 aromatic heterocycles. The third kappa shape index (κ3) is 3.83. The van der Waals surface area contributed by atoms with Crippen molar-refractivity contribution in [1.29, 1.82) is 0 Å². The zero-order valence-corrected chi connectivity index (χ0v) is 17.9. The molecule has 1 aliphatic carbocycles. The summed E-state index contributed by atoms with van der Waals surface area (Å²) in [5, 5.41) is 12.3. The monoisotopic (exact) mass is 415 g/mol. The molecule has 1 N–H and O–H groups in total. The lowest BCUT2D eigenvalue weighted by molar-refractivity contribution is 0.102. The van der Waals surface area contributed by atoms with E-state index in [1.54, 1.807) is 10.9 Å². The number of aryl methyl sites for hydroxylation is 1. The average Bonchev–Trinajstić information content (AvgIpc) is 3.37. The first-order chi connectivity index (χ1) is 15.0. The molecule has 5 rings (SSSR count). The van der Waals surface area contributed by atoms with E-state index in [4.69, 9.17) is 4.52 Å². The molecule has 3 heterocycles. The van der Waals surface area contributed by atoms with Gasteiger partial charge in [-0.15, -0.1) is 0 Å². The Bertz CT molecular complexity index is 1250. The van der Waals surface area contributed by atoms with Gasteiger partial charge >= 0.3 is 0 Å². The number of amides is 1. The Balaban J connectivity index is 1.48. The smallest absolute Gasteiger partial charge is 0.259 e. The number of pyridine rings is 1. The zero-order chi connectivity index (χ0) is 21.5. The van der Waals surface area contributed by atoms with E-state index >= 15 is 0 Å². The molecular formula is C24H25N5O2. The van der Waals surface area contributed by atoms with Crippen LogP contribution in [0.25, 0.3) is 11.1 Å². The molecule has 0 spiro atoms.